The average molecular weight is 367 g/mol. The van der Waals surface area contributed by atoms with Crippen LogP contribution in [0.15, 0.2) is 29.6 Å². The molecule has 130 valence electrons. The number of hydrogen-bond donors (Lipinski definition) is 0. The van der Waals surface area contributed by atoms with E-state index in [0.717, 1.165) is 17.2 Å². The number of hydrogen-bond acceptors (Lipinski definition) is 6. The fourth-order valence-electron chi connectivity index (χ4n) is 2.62. The van der Waals surface area contributed by atoms with Gasteiger partial charge in [0.25, 0.3) is 0 Å². The Labute approximate surface area is 146 Å². The number of ether oxygens (including phenoxy) is 2. The van der Waals surface area contributed by atoms with Crippen molar-refractivity contribution in [3.8, 4) is 5.75 Å². The third-order valence-corrected chi connectivity index (χ3v) is 6.45. The van der Waals surface area contributed by atoms with Crippen molar-refractivity contribution in [2.45, 2.75) is 25.7 Å². The van der Waals surface area contributed by atoms with E-state index in [0.29, 0.717) is 25.5 Å². The van der Waals surface area contributed by atoms with E-state index in [-0.39, 0.29) is 17.4 Å². The third kappa shape index (κ3) is 5.03. The van der Waals surface area contributed by atoms with Crippen molar-refractivity contribution < 1.29 is 17.9 Å². The van der Waals surface area contributed by atoms with Crippen LogP contribution < -0.4 is 4.74 Å². The summed E-state index contributed by atoms with van der Waals surface area (Å²) in [6.45, 7) is 3.59. The van der Waals surface area contributed by atoms with Crippen LogP contribution in [-0.4, -0.2) is 32.4 Å². The average Bonchev–Trinajstić information content (AvgIpc) is 3.18. The van der Waals surface area contributed by atoms with E-state index in [2.05, 4.69) is 4.98 Å². The molecule has 0 N–H and O–H groups in total. The maximum Gasteiger partial charge on any atom is 0.156 e. The fourth-order valence-corrected chi connectivity index (χ4v) is 5.13. The molecule has 2 heterocycles. The molecule has 5 nitrogen and oxygen atoms in total. The molecule has 1 aliphatic rings. The lowest BCUT2D eigenvalue weighted by atomic mass is 10.2. The predicted octanol–water partition coefficient (Wildman–Crippen LogP) is 2.98. The summed E-state index contributed by atoms with van der Waals surface area (Å²) in [4.78, 5) is 4.39. The molecule has 0 aliphatic carbocycles. The van der Waals surface area contributed by atoms with Gasteiger partial charge in [0.15, 0.2) is 9.84 Å². The molecule has 1 aliphatic heterocycles. The summed E-state index contributed by atoms with van der Waals surface area (Å²) < 4.78 is 35.4. The van der Waals surface area contributed by atoms with Crippen LogP contribution in [0.4, 0.5) is 0 Å². The molecule has 2 aromatic rings. The summed E-state index contributed by atoms with van der Waals surface area (Å²) in [6, 6.07) is 7.81. The van der Waals surface area contributed by atoms with Crippen LogP contribution in [0, 0.1) is 12.8 Å². The van der Waals surface area contributed by atoms with Crippen molar-refractivity contribution in [2.24, 2.45) is 5.92 Å². The van der Waals surface area contributed by atoms with Crippen molar-refractivity contribution in [1.29, 1.82) is 0 Å². The Morgan fingerprint density at radius 2 is 2.12 bits per heavy atom. The van der Waals surface area contributed by atoms with Gasteiger partial charge >= 0.3 is 0 Å². The smallest absolute Gasteiger partial charge is 0.156 e. The quantitative estimate of drug-likeness (QED) is 0.753. The van der Waals surface area contributed by atoms with E-state index in [1.807, 2.05) is 31.2 Å². The molecule has 1 fully saturated rings. The van der Waals surface area contributed by atoms with Crippen molar-refractivity contribution in [1.82, 2.24) is 4.98 Å². The number of sulfone groups is 1. The van der Waals surface area contributed by atoms with Crippen LogP contribution in [-0.2, 0) is 26.9 Å². The van der Waals surface area contributed by atoms with Gasteiger partial charge in [-0.05, 0) is 31.4 Å². The fraction of sp³-hybridized carbons (Fsp3) is 0.471. The Hall–Kier alpha value is -1.44. The zero-order valence-electron chi connectivity index (χ0n) is 13.6. The highest BCUT2D eigenvalue weighted by Crippen LogP contribution is 2.20. The second kappa shape index (κ2) is 7.63. The molecule has 1 aromatic heterocycles. The second-order valence-electron chi connectivity index (χ2n) is 6.12. The van der Waals surface area contributed by atoms with Gasteiger partial charge in [0.1, 0.15) is 17.4 Å². The van der Waals surface area contributed by atoms with Crippen molar-refractivity contribution in [3.05, 3.63) is 45.9 Å². The predicted molar refractivity (Wildman–Crippen MR) is 94.0 cm³/mol. The van der Waals surface area contributed by atoms with E-state index in [4.69, 9.17) is 9.47 Å². The first-order valence-electron chi connectivity index (χ1n) is 7.91. The number of aryl methyl sites for hydroxylation is 1. The van der Waals surface area contributed by atoms with Gasteiger partial charge in [0.2, 0.25) is 0 Å². The van der Waals surface area contributed by atoms with Crippen molar-refractivity contribution >= 4 is 21.2 Å². The number of nitrogens with zero attached hydrogens (tertiary/aromatic N) is 1. The first kappa shape index (κ1) is 17.4. The van der Waals surface area contributed by atoms with E-state index in [1.165, 1.54) is 16.9 Å². The standard InChI is InChI=1S/C17H21NO4S2/c1-13-2-4-16(5-3-13)22-9-17-18-15(10-23-17)12-24(19,20)11-14-6-7-21-8-14/h2-5,10,14H,6-9,11-12H2,1H3/t14-/m1/s1. The van der Waals surface area contributed by atoms with Crippen LogP contribution in [0.5, 0.6) is 5.75 Å². The van der Waals surface area contributed by atoms with Gasteiger partial charge in [-0.25, -0.2) is 13.4 Å². The van der Waals surface area contributed by atoms with Crippen LogP contribution >= 0.6 is 11.3 Å². The zero-order chi connectivity index (χ0) is 17.0. The Bertz CT molecular complexity index is 762. The molecule has 1 saturated heterocycles. The molecule has 0 radical (unpaired) electrons. The van der Waals surface area contributed by atoms with E-state index in [9.17, 15) is 8.42 Å². The maximum absolute atomic E-state index is 12.3. The highest BCUT2D eigenvalue weighted by molar-refractivity contribution is 7.90. The van der Waals surface area contributed by atoms with E-state index < -0.39 is 9.84 Å². The minimum Gasteiger partial charge on any atom is -0.486 e. The summed E-state index contributed by atoms with van der Waals surface area (Å²) in [7, 11) is -3.15. The Morgan fingerprint density at radius 1 is 1.33 bits per heavy atom. The Kier molecular flexibility index (Phi) is 5.53. The molecular weight excluding hydrogens is 346 g/mol. The molecule has 0 amide bonds. The van der Waals surface area contributed by atoms with Crippen LogP contribution in [0.3, 0.4) is 0 Å². The summed E-state index contributed by atoms with van der Waals surface area (Å²) in [6.07, 6.45) is 0.825. The third-order valence-electron chi connectivity index (χ3n) is 3.86. The molecular formula is C17H21NO4S2. The molecule has 0 saturated carbocycles. The minimum atomic E-state index is -3.15. The summed E-state index contributed by atoms with van der Waals surface area (Å²) >= 11 is 1.43. The highest BCUT2D eigenvalue weighted by atomic mass is 32.2. The molecule has 0 spiro atoms. The van der Waals surface area contributed by atoms with Gasteiger partial charge in [0.05, 0.1) is 23.8 Å². The van der Waals surface area contributed by atoms with Crippen molar-refractivity contribution in [3.63, 3.8) is 0 Å². The number of aromatic nitrogens is 1. The molecule has 0 unspecified atom stereocenters. The topological polar surface area (TPSA) is 65.5 Å². The van der Waals surface area contributed by atoms with Gasteiger partial charge in [0, 0.05) is 12.0 Å². The van der Waals surface area contributed by atoms with Gasteiger partial charge in [-0.3, -0.25) is 0 Å². The number of thiazole rings is 1. The Balaban J connectivity index is 1.53. The summed E-state index contributed by atoms with van der Waals surface area (Å²) in [5, 5.41) is 2.58. The van der Waals surface area contributed by atoms with Crippen LogP contribution in [0.25, 0.3) is 0 Å². The number of rotatable bonds is 7. The largest absolute Gasteiger partial charge is 0.486 e. The lowest BCUT2D eigenvalue weighted by molar-refractivity contribution is 0.188. The second-order valence-corrected chi connectivity index (χ2v) is 9.17. The van der Waals surface area contributed by atoms with Crippen molar-refractivity contribution in [2.75, 3.05) is 19.0 Å². The summed E-state index contributed by atoms with van der Waals surface area (Å²) in [5.74, 6) is 1.08. The van der Waals surface area contributed by atoms with Gasteiger partial charge in [-0.15, -0.1) is 11.3 Å². The van der Waals surface area contributed by atoms with Crippen LogP contribution in [0.1, 0.15) is 22.7 Å². The lowest BCUT2D eigenvalue weighted by Gasteiger charge is -2.07. The SMILES string of the molecule is Cc1ccc(OCc2nc(CS(=O)(=O)C[C@@H]3CCOC3)cs2)cc1. The first-order valence-corrected chi connectivity index (χ1v) is 10.6. The van der Waals surface area contributed by atoms with Crippen LogP contribution in [0.2, 0.25) is 0 Å². The summed E-state index contributed by atoms with van der Waals surface area (Å²) in [5.41, 5.74) is 1.78. The Morgan fingerprint density at radius 3 is 2.83 bits per heavy atom. The minimum absolute atomic E-state index is 0.00939. The molecule has 1 aromatic carbocycles. The zero-order valence-corrected chi connectivity index (χ0v) is 15.2. The van der Waals surface area contributed by atoms with E-state index >= 15 is 0 Å². The van der Waals surface area contributed by atoms with Gasteiger partial charge < -0.3 is 9.47 Å². The first-order chi connectivity index (χ1) is 11.5. The van der Waals surface area contributed by atoms with Gasteiger partial charge in [-0.1, -0.05) is 17.7 Å². The molecule has 7 heteroatoms. The molecule has 0 bridgehead atoms. The lowest BCUT2D eigenvalue weighted by Crippen LogP contribution is -2.18. The normalized spacial score (nSPS) is 18.0. The van der Waals surface area contributed by atoms with Gasteiger partial charge in [-0.2, -0.15) is 0 Å². The monoisotopic (exact) mass is 367 g/mol. The number of benzene rings is 1. The molecule has 3 rings (SSSR count). The van der Waals surface area contributed by atoms with E-state index in [1.54, 1.807) is 5.38 Å². The maximum atomic E-state index is 12.3. The highest BCUT2D eigenvalue weighted by Gasteiger charge is 2.24. The molecule has 1 atom stereocenters. The molecule has 24 heavy (non-hydrogen) atoms.